The Bertz CT molecular complexity index is 697. The van der Waals surface area contributed by atoms with Crippen LogP contribution < -0.4 is 4.72 Å². The molecule has 0 saturated carbocycles. The maximum absolute atomic E-state index is 12.2. The Morgan fingerprint density at radius 1 is 1.47 bits per heavy atom. The molecule has 0 aliphatic carbocycles. The van der Waals surface area contributed by atoms with Crippen molar-refractivity contribution in [1.82, 2.24) is 10.2 Å². The van der Waals surface area contributed by atoms with E-state index in [2.05, 4.69) is 14.9 Å². The van der Waals surface area contributed by atoms with E-state index in [9.17, 15) is 8.42 Å². The molecule has 0 spiro atoms. The van der Waals surface area contributed by atoms with E-state index in [1.807, 2.05) is 0 Å². The molecule has 0 aliphatic heterocycles. The van der Waals surface area contributed by atoms with Crippen molar-refractivity contribution in [1.29, 1.82) is 0 Å². The lowest BCUT2D eigenvalue weighted by atomic mass is 10.2. The lowest BCUT2D eigenvalue weighted by Crippen LogP contribution is -2.16. The molecule has 1 aromatic carbocycles. The highest BCUT2D eigenvalue weighted by molar-refractivity contribution is 7.92. The molecule has 0 radical (unpaired) electrons. The number of nitrogens with one attached hydrogen (secondary N) is 2. The minimum atomic E-state index is -3.84. The summed E-state index contributed by atoms with van der Waals surface area (Å²) in [7, 11) is -3.84. The van der Waals surface area contributed by atoms with Crippen LogP contribution in [0.5, 0.6) is 0 Å². The van der Waals surface area contributed by atoms with Gasteiger partial charge in [0.15, 0.2) is 5.03 Å². The second-order valence-corrected chi connectivity index (χ2v) is 5.93. The van der Waals surface area contributed by atoms with E-state index >= 15 is 0 Å². The number of benzene rings is 1. The highest BCUT2D eigenvalue weighted by atomic mass is 35.5. The number of aromatic amines is 1. The first kappa shape index (κ1) is 13.9. The van der Waals surface area contributed by atoms with Crippen molar-refractivity contribution in [2.75, 3.05) is 4.72 Å². The van der Waals surface area contributed by atoms with Crippen molar-refractivity contribution < 1.29 is 13.5 Å². The van der Waals surface area contributed by atoms with Crippen LogP contribution in [0.4, 0.5) is 5.69 Å². The first-order valence-electron chi connectivity index (χ1n) is 5.36. The average Bonchev–Trinajstić information content (AvgIpc) is 2.84. The van der Waals surface area contributed by atoms with Crippen molar-refractivity contribution in [3.8, 4) is 0 Å². The van der Waals surface area contributed by atoms with E-state index < -0.39 is 16.6 Å². The minimum Gasteiger partial charge on any atom is -0.392 e. The molecule has 0 unspecified atom stereocenters. The third kappa shape index (κ3) is 2.73. The van der Waals surface area contributed by atoms with Crippen LogP contribution in [0, 0.1) is 6.92 Å². The molecule has 102 valence electrons. The Labute approximate surface area is 115 Å². The highest BCUT2D eigenvalue weighted by Gasteiger charge is 2.21. The number of hydrogen-bond donors (Lipinski definition) is 3. The Morgan fingerprint density at radius 3 is 2.89 bits per heavy atom. The normalized spacial score (nSPS) is 11.5. The number of aromatic nitrogens is 2. The number of anilines is 1. The number of rotatable bonds is 4. The number of nitrogens with zero attached hydrogens (tertiary/aromatic N) is 1. The molecule has 6 nitrogen and oxygen atoms in total. The summed E-state index contributed by atoms with van der Waals surface area (Å²) in [6.07, 6.45) is 1.26. The number of halogens is 1. The van der Waals surface area contributed by atoms with Gasteiger partial charge in [-0.3, -0.25) is 9.82 Å². The lowest BCUT2D eigenvalue weighted by molar-refractivity contribution is 0.278. The quantitative estimate of drug-likeness (QED) is 0.800. The number of hydrogen-bond acceptors (Lipinski definition) is 4. The predicted molar refractivity (Wildman–Crippen MR) is 71.5 cm³/mol. The lowest BCUT2D eigenvalue weighted by Gasteiger charge is -2.10. The molecular formula is C11H12ClN3O3S. The zero-order valence-electron chi connectivity index (χ0n) is 10.0. The second kappa shape index (κ2) is 5.20. The molecule has 19 heavy (non-hydrogen) atoms. The van der Waals surface area contributed by atoms with E-state index in [-0.39, 0.29) is 10.6 Å². The van der Waals surface area contributed by atoms with Crippen LogP contribution in [-0.2, 0) is 16.6 Å². The van der Waals surface area contributed by atoms with Gasteiger partial charge in [-0.2, -0.15) is 13.5 Å². The first-order chi connectivity index (χ1) is 8.95. The fourth-order valence-electron chi connectivity index (χ4n) is 1.56. The third-order valence-electron chi connectivity index (χ3n) is 2.63. The molecule has 1 aromatic heterocycles. The van der Waals surface area contributed by atoms with Crippen molar-refractivity contribution in [2.45, 2.75) is 18.6 Å². The van der Waals surface area contributed by atoms with Crippen LogP contribution in [0.2, 0.25) is 5.02 Å². The Morgan fingerprint density at radius 2 is 2.21 bits per heavy atom. The second-order valence-electron chi connectivity index (χ2n) is 3.90. The van der Waals surface area contributed by atoms with Gasteiger partial charge in [-0.05, 0) is 24.6 Å². The summed E-state index contributed by atoms with van der Waals surface area (Å²) in [5.41, 5.74) is 1.20. The fourth-order valence-corrected chi connectivity index (χ4v) is 2.98. The summed E-state index contributed by atoms with van der Waals surface area (Å²) in [4.78, 5) is 0. The SMILES string of the molecule is Cc1c(Cl)cccc1NS(=O)(=O)c1[nH]ncc1CO. The summed E-state index contributed by atoms with van der Waals surface area (Å²) in [5.74, 6) is 0. The van der Waals surface area contributed by atoms with Gasteiger partial charge in [0, 0.05) is 10.6 Å². The van der Waals surface area contributed by atoms with Gasteiger partial charge >= 0.3 is 0 Å². The van der Waals surface area contributed by atoms with Gasteiger partial charge in [0.05, 0.1) is 18.5 Å². The van der Waals surface area contributed by atoms with Crippen molar-refractivity contribution >= 4 is 27.3 Å². The van der Waals surface area contributed by atoms with Crippen molar-refractivity contribution in [3.63, 3.8) is 0 Å². The maximum atomic E-state index is 12.2. The van der Waals surface area contributed by atoms with Gasteiger partial charge < -0.3 is 5.11 Å². The van der Waals surface area contributed by atoms with Crippen molar-refractivity contribution in [3.05, 3.63) is 40.5 Å². The van der Waals surface area contributed by atoms with E-state index in [0.717, 1.165) is 0 Å². The smallest absolute Gasteiger partial charge is 0.279 e. The van der Waals surface area contributed by atoms with E-state index in [1.165, 1.54) is 6.20 Å². The van der Waals surface area contributed by atoms with Gasteiger partial charge in [-0.15, -0.1) is 0 Å². The van der Waals surface area contributed by atoms with E-state index in [4.69, 9.17) is 16.7 Å². The molecule has 0 bridgehead atoms. The zero-order valence-corrected chi connectivity index (χ0v) is 11.6. The zero-order chi connectivity index (χ0) is 14.0. The highest BCUT2D eigenvalue weighted by Crippen LogP contribution is 2.25. The monoisotopic (exact) mass is 301 g/mol. The van der Waals surface area contributed by atoms with Gasteiger partial charge in [0.2, 0.25) is 0 Å². The third-order valence-corrected chi connectivity index (χ3v) is 4.42. The molecule has 3 N–H and O–H groups in total. The van der Waals surface area contributed by atoms with Crippen LogP contribution in [-0.4, -0.2) is 23.7 Å². The van der Waals surface area contributed by atoms with Gasteiger partial charge in [0.25, 0.3) is 10.0 Å². The summed E-state index contributed by atoms with van der Waals surface area (Å²) < 4.78 is 26.7. The Kier molecular flexibility index (Phi) is 3.79. The maximum Gasteiger partial charge on any atom is 0.279 e. The van der Waals surface area contributed by atoms with E-state index in [0.29, 0.717) is 16.3 Å². The summed E-state index contributed by atoms with van der Waals surface area (Å²) in [6.45, 7) is 1.29. The molecule has 0 saturated heterocycles. The molecule has 2 rings (SSSR count). The summed E-state index contributed by atoms with van der Waals surface area (Å²) >= 11 is 5.93. The Balaban J connectivity index is 2.40. The topological polar surface area (TPSA) is 95.1 Å². The number of aliphatic hydroxyl groups excluding tert-OH is 1. The Hall–Kier alpha value is -1.57. The standard InChI is InChI=1S/C11H12ClN3O3S/c1-7-9(12)3-2-4-10(7)15-19(17,18)11-8(6-16)5-13-14-11/h2-5,15-16H,6H2,1H3,(H,13,14). The predicted octanol–water partition coefficient (Wildman–Crippen LogP) is 1.66. The average molecular weight is 302 g/mol. The van der Waals surface area contributed by atoms with Crippen LogP contribution >= 0.6 is 11.6 Å². The van der Waals surface area contributed by atoms with Crippen LogP contribution in [0.3, 0.4) is 0 Å². The first-order valence-corrected chi connectivity index (χ1v) is 7.23. The molecule has 0 fully saturated rings. The van der Waals surface area contributed by atoms with Gasteiger partial charge in [-0.25, -0.2) is 0 Å². The van der Waals surface area contributed by atoms with Crippen LogP contribution in [0.25, 0.3) is 0 Å². The van der Waals surface area contributed by atoms with Crippen molar-refractivity contribution in [2.24, 2.45) is 0 Å². The summed E-state index contributed by atoms with van der Waals surface area (Å²) in [6, 6.07) is 4.92. The molecule has 0 aliphatic rings. The number of sulfonamides is 1. The van der Waals surface area contributed by atoms with Crippen LogP contribution in [0.1, 0.15) is 11.1 Å². The minimum absolute atomic E-state index is 0.158. The molecule has 0 amide bonds. The molecule has 2 aromatic rings. The van der Waals surface area contributed by atoms with Gasteiger partial charge in [0.1, 0.15) is 0 Å². The molecular weight excluding hydrogens is 290 g/mol. The molecule has 1 heterocycles. The summed E-state index contributed by atoms with van der Waals surface area (Å²) in [5, 5.41) is 15.3. The largest absolute Gasteiger partial charge is 0.392 e. The van der Waals surface area contributed by atoms with Gasteiger partial charge in [-0.1, -0.05) is 17.7 Å². The fraction of sp³-hybridized carbons (Fsp3) is 0.182. The number of H-pyrrole nitrogens is 1. The van der Waals surface area contributed by atoms with Crippen LogP contribution in [0.15, 0.2) is 29.4 Å². The molecule has 0 atom stereocenters. The number of aliphatic hydroxyl groups is 1. The van der Waals surface area contributed by atoms with E-state index in [1.54, 1.807) is 25.1 Å². The molecule has 8 heteroatoms.